The zero-order valence-corrected chi connectivity index (χ0v) is 13.9. The van der Waals surface area contributed by atoms with Gasteiger partial charge in [-0.2, -0.15) is 5.21 Å². The Balaban J connectivity index is 1.76. The first-order valence-electron chi connectivity index (χ1n) is 7.57. The van der Waals surface area contributed by atoms with Crippen molar-refractivity contribution >= 4 is 32.9 Å². The van der Waals surface area contributed by atoms with Crippen molar-refractivity contribution in [1.82, 2.24) is 35.2 Å². The number of nitrogens with two attached hydrogens (primary N) is 1. The molecule has 0 atom stereocenters. The minimum atomic E-state index is 0.317. The van der Waals surface area contributed by atoms with Crippen LogP contribution in [0.1, 0.15) is 5.56 Å². The molecule has 25 heavy (non-hydrogen) atoms. The van der Waals surface area contributed by atoms with Crippen molar-refractivity contribution in [2.75, 3.05) is 5.73 Å². The first kappa shape index (κ1) is 14.1. The highest BCUT2D eigenvalue weighted by molar-refractivity contribution is 7.17. The average molecular weight is 348 g/mol. The quantitative estimate of drug-likeness (QED) is 0.507. The van der Waals surface area contributed by atoms with Crippen LogP contribution in [0.3, 0.4) is 0 Å². The number of hydrogen-bond acceptors (Lipinski definition) is 7. The first-order valence-corrected chi connectivity index (χ1v) is 8.45. The molecular formula is C16H12N8S. The van der Waals surface area contributed by atoms with Gasteiger partial charge < -0.3 is 5.73 Å². The summed E-state index contributed by atoms with van der Waals surface area (Å²) in [4.78, 5) is 4.57. The number of anilines is 1. The number of rotatable bonds is 2. The molecular weight excluding hydrogens is 336 g/mol. The standard InChI is InChI=1S/C16H12N8S/c1-8-2-3-9-4-5-25-13(9)11(8)10-6-18-16-12(15-19-22-23-20-15)14(17)21-24(16)7-10/h2-7H,1H3,(H2,17,21)(H,19,20,22,23). The van der Waals surface area contributed by atoms with Crippen LogP contribution < -0.4 is 5.73 Å². The molecule has 4 heterocycles. The Kier molecular flexibility index (Phi) is 2.86. The van der Waals surface area contributed by atoms with Crippen molar-refractivity contribution in [3.05, 3.63) is 41.5 Å². The van der Waals surface area contributed by atoms with Gasteiger partial charge >= 0.3 is 0 Å². The second-order valence-corrected chi connectivity index (χ2v) is 6.62. The molecule has 0 aliphatic carbocycles. The fourth-order valence-electron chi connectivity index (χ4n) is 3.05. The van der Waals surface area contributed by atoms with Crippen LogP contribution in [-0.2, 0) is 0 Å². The summed E-state index contributed by atoms with van der Waals surface area (Å²) < 4.78 is 2.90. The number of H-pyrrole nitrogens is 1. The molecule has 5 aromatic rings. The summed E-state index contributed by atoms with van der Waals surface area (Å²) in [7, 11) is 0. The lowest BCUT2D eigenvalue weighted by Gasteiger charge is -2.08. The molecule has 0 radical (unpaired) electrons. The zero-order chi connectivity index (χ0) is 17.0. The molecule has 0 aliphatic rings. The van der Waals surface area contributed by atoms with Crippen molar-refractivity contribution in [3.63, 3.8) is 0 Å². The van der Waals surface area contributed by atoms with Crippen molar-refractivity contribution in [3.8, 4) is 22.5 Å². The van der Waals surface area contributed by atoms with Gasteiger partial charge in [0.15, 0.2) is 11.5 Å². The van der Waals surface area contributed by atoms with Crippen LogP contribution in [0.4, 0.5) is 5.82 Å². The van der Waals surface area contributed by atoms with E-state index in [0.29, 0.717) is 22.9 Å². The topological polar surface area (TPSA) is 111 Å². The third-order valence-corrected chi connectivity index (χ3v) is 5.13. The smallest absolute Gasteiger partial charge is 0.212 e. The fraction of sp³-hybridized carbons (Fsp3) is 0.0625. The minimum absolute atomic E-state index is 0.317. The molecule has 0 bridgehead atoms. The maximum absolute atomic E-state index is 6.05. The lowest BCUT2D eigenvalue weighted by Crippen LogP contribution is -1.94. The molecule has 5 rings (SSSR count). The lowest BCUT2D eigenvalue weighted by molar-refractivity contribution is 0.881. The maximum atomic E-state index is 6.05. The first-order chi connectivity index (χ1) is 12.2. The predicted octanol–water partition coefficient (Wildman–Crippen LogP) is 2.68. The van der Waals surface area contributed by atoms with Gasteiger partial charge in [0.2, 0.25) is 5.82 Å². The van der Waals surface area contributed by atoms with E-state index in [0.717, 1.165) is 11.1 Å². The summed E-state index contributed by atoms with van der Waals surface area (Å²) in [5.74, 6) is 0.696. The van der Waals surface area contributed by atoms with E-state index in [-0.39, 0.29) is 0 Å². The summed E-state index contributed by atoms with van der Waals surface area (Å²) in [6.45, 7) is 2.10. The molecule has 0 amide bonds. The van der Waals surface area contributed by atoms with Crippen LogP contribution in [0, 0.1) is 6.92 Å². The number of thiophene rings is 1. The van der Waals surface area contributed by atoms with Gasteiger partial charge in [0.25, 0.3) is 0 Å². The Labute approximate surface area is 145 Å². The number of benzene rings is 1. The van der Waals surface area contributed by atoms with Gasteiger partial charge in [-0.15, -0.1) is 26.6 Å². The van der Waals surface area contributed by atoms with E-state index in [1.165, 1.54) is 15.6 Å². The predicted molar refractivity (Wildman–Crippen MR) is 96.1 cm³/mol. The number of fused-ring (bicyclic) bond motifs is 2. The van der Waals surface area contributed by atoms with Crippen molar-refractivity contribution in [2.24, 2.45) is 0 Å². The molecule has 0 fully saturated rings. The van der Waals surface area contributed by atoms with E-state index in [1.807, 2.05) is 12.4 Å². The maximum Gasteiger partial charge on any atom is 0.212 e. The Morgan fingerprint density at radius 1 is 1.20 bits per heavy atom. The van der Waals surface area contributed by atoms with Crippen molar-refractivity contribution in [2.45, 2.75) is 6.92 Å². The molecule has 1 aromatic carbocycles. The minimum Gasteiger partial charge on any atom is -0.382 e. The average Bonchev–Trinajstić information content (AvgIpc) is 3.32. The molecule has 0 aliphatic heterocycles. The third-order valence-electron chi connectivity index (χ3n) is 4.19. The van der Waals surface area contributed by atoms with Crippen LogP contribution in [0.2, 0.25) is 0 Å². The summed E-state index contributed by atoms with van der Waals surface area (Å²) >= 11 is 1.72. The SMILES string of the molecule is Cc1ccc2ccsc2c1-c1cnc2c(-c3nn[nH]n3)c(N)nn2c1. The van der Waals surface area contributed by atoms with Crippen LogP contribution in [0.15, 0.2) is 36.0 Å². The number of nitrogens with zero attached hydrogens (tertiary/aromatic N) is 6. The van der Waals surface area contributed by atoms with E-state index in [9.17, 15) is 0 Å². The Hall–Kier alpha value is -3.33. The van der Waals surface area contributed by atoms with E-state index in [2.05, 4.69) is 61.2 Å². The van der Waals surface area contributed by atoms with Crippen molar-refractivity contribution < 1.29 is 0 Å². The van der Waals surface area contributed by atoms with Gasteiger partial charge in [-0.1, -0.05) is 12.1 Å². The number of aryl methyl sites for hydroxylation is 1. The molecule has 0 unspecified atom stereocenters. The largest absolute Gasteiger partial charge is 0.382 e. The summed E-state index contributed by atoms with van der Waals surface area (Å²) in [5, 5.41) is 21.6. The third kappa shape index (κ3) is 2.02. The van der Waals surface area contributed by atoms with Gasteiger partial charge in [-0.3, -0.25) is 0 Å². The molecule has 9 heteroatoms. The zero-order valence-electron chi connectivity index (χ0n) is 13.1. The number of tetrazole rings is 1. The number of hydrogen-bond donors (Lipinski definition) is 2. The Morgan fingerprint density at radius 2 is 2.12 bits per heavy atom. The van der Waals surface area contributed by atoms with Gasteiger partial charge in [0.05, 0.1) is 0 Å². The van der Waals surface area contributed by atoms with E-state index < -0.39 is 0 Å². The van der Waals surface area contributed by atoms with Gasteiger partial charge in [0.1, 0.15) is 5.56 Å². The Bertz CT molecular complexity index is 1220. The van der Waals surface area contributed by atoms with E-state index in [4.69, 9.17) is 5.73 Å². The van der Waals surface area contributed by atoms with Gasteiger partial charge in [-0.05, 0) is 34.5 Å². The highest BCUT2D eigenvalue weighted by Gasteiger charge is 2.18. The summed E-state index contributed by atoms with van der Waals surface area (Å²) in [6, 6.07) is 6.38. The second kappa shape index (κ2) is 5.08. The molecule has 0 spiro atoms. The monoisotopic (exact) mass is 348 g/mol. The van der Waals surface area contributed by atoms with Gasteiger partial charge in [0, 0.05) is 28.2 Å². The number of nitrogens with one attached hydrogen (secondary N) is 1. The fourth-order valence-corrected chi connectivity index (χ4v) is 4.07. The summed E-state index contributed by atoms with van der Waals surface area (Å²) in [6.07, 6.45) is 3.77. The number of nitrogen functional groups attached to an aromatic ring is 1. The van der Waals surface area contributed by atoms with Crippen LogP contribution in [0.5, 0.6) is 0 Å². The number of aromatic nitrogens is 7. The molecule has 8 nitrogen and oxygen atoms in total. The molecule has 0 saturated heterocycles. The Morgan fingerprint density at radius 3 is 2.96 bits per heavy atom. The molecule has 3 N–H and O–H groups in total. The van der Waals surface area contributed by atoms with Gasteiger partial charge in [-0.25, -0.2) is 9.50 Å². The van der Waals surface area contributed by atoms with E-state index in [1.54, 1.807) is 15.9 Å². The van der Waals surface area contributed by atoms with Crippen molar-refractivity contribution in [1.29, 1.82) is 0 Å². The number of aromatic amines is 1. The lowest BCUT2D eigenvalue weighted by atomic mass is 10.0. The molecule has 122 valence electrons. The molecule has 4 aromatic heterocycles. The van der Waals surface area contributed by atoms with Crippen LogP contribution in [-0.4, -0.2) is 35.2 Å². The van der Waals surface area contributed by atoms with Crippen LogP contribution in [0.25, 0.3) is 38.2 Å². The van der Waals surface area contributed by atoms with E-state index >= 15 is 0 Å². The molecule has 0 saturated carbocycles. The second-order valence-electron chi connectivity index (χ2n) is 5.70. The highest BCUT2D eigenvalue weighted by Crippen LogP contribution is 2.36. The summed E-state index contributed by atoms with van der Waals surface area (Å²) in [5.41, 5.74) is 10.6. The van der Waals surface area contributed by atoms with Crippen LogP contribution >= 0.6 is 11.3 Å². The normalized spacial score (nSPS) is 11.6. The highest BCUT2D eigenvalue weighted by atomic mass is 32.1.